The highest BCUT2D eigenvalue weighted by Crippen LogP contribution is 2.32. The van der Waals surface area contributed by atoms with Gasteiger partial charge in [0.25, 0.3) is 5.91 Å². The van der Waals surface area contributed by atoms with E-state index in [0.29, 0.717) is 53.5 Å². The summed E-state index contributed by atoms with van der Waals surface area (Å²) in [5.74, 6) is 0.0966. The average molecular weight is 657 g/mol. The standard InChI is InChI=1S/C37H38ClFN4O4/c1-37(2,3)47-36(45)25-6-9-32-33(19-25)43(21-28-13-17-46-28)34(40-32)22-41-14-11-27(12-15-41)42-16-10-23-4-5-24(18-30(23)35(42)44)29-8-7-26(38)20-31(29)39/h4-9,11,18-20,28H,10,12-17,21-22H2,1-3H3/t28-/m0/s1. The van der Waals surface area contributed by atoms with Gasteiger partial charge in [-0.2, -0.15) is 0 Å². The minimum Gasteiger partial charge on any atom is -0.456 e. The molecule has 4 aromatic rings. The zero-order valence-corrected chi connectivity index (χ0v) is 27.6. The van der Waals surface area contributed by atoms with E-state index in [-0.39, 0.29) is 18.0 Å². The summed E-state index contributed by atoms with van der Waals surface area (Å²) < 4.78 is 28.2. The minimum atomic E-state index is -0.584. The average Bonchev–Trinajstić information content (AvgIpc) is 3.34. The third kappa shape index (κ3) is 6.57. The second-order valence-corrected chi connectivity index (χ2v) is 13.9. The Balaban J connectivity index is 1.08. The molecule has 0 aliphatic carbocycles. The fourth-order valence-electron chi connectivity index (χ4n) is 6.52. The van der Waals surface area contributed by atoms with Crippen LogP contribution < -0.4 is 0 Å². The van der Waals surface area contributed by atoms with Crippen molar-refractivity contribution < 1.29 is 23.5 Å². The van der Waals surface area contributed by atoms with Gasteiger partial charge in [0.05, 0.1) is 35.8 Å². The lowest BCUT2D eigenvalue weighted by Gasteiger charge is -2.35. The van der Waals surface area contributed by atoms with Crippen molar-refractivity contribution in [2.45, 2.75) is 64.8 Å². The van der Waals surface area contributed by atoms with E-state index >= 15 is 0 Å². The first kappa shape index (κ1) is 31.5. The van der Waals surface area contributed by atoms with Gasteiger partial charge in [-0.15, -0.1) is 0 Å². The maximum absolute atomic E-state index is 14.7. The molecule has 0 radical (unpaired) electrons. The van der Waals surface area contributed by atoms with E-state index in [0.717, 1.165) is 60.5 Å². The van der Waals surface area contributed by atoms with Crippen LogP contribution in [0.4, 0.5) is 4.39 Å². The highest BCUT2D eigenvalue weighted by atomic mass is 35.5. The van der Waals surface area contributed by atoms with Gasteiger partial charge in [-0.1, -0.05) is 29.8 Å². The summed E-state index contributed by atoms with van der Waals surface area (Å²) >= 11 is 5.96. The Morgan fingerprint density at radius 3 is 2.60 bits per heavy atom. The number of hydrogen-bond acceptors (Lipinski definition) is 6. The van der Waals surface area contributed by atoms with Crippen molar-refractivity contribution in [1.29, 1.82) is 0 Å². The number of benzene rings is 3. The summed E-state index contributed by atoms with van der Waals surface area (Å²) in [5, 5.41) is 0.335. The molecule has 10 heteroatoms. The van der Waals surface area contributed by atoms with E-state index in [1.165, 1.54) is 6.07 Å². The molecule has 3 aliphatic rings. The fraction of sp³-hybridized carbons (Fsp3) is 0.378. The van der Waals surface area contributed by atoms with Gasteiger partial charge in [-0.25, -0.2) is 14.2 Å². The van der Waals surface area contributed by atoms with Crippen LogP contribution in [0.1, 0.15) is 65.7 Å². The summed E-state index contributed by atoms with van der Waals surface area (Å²) in [6.45, 7) is 9.69. The normalized spacial score (nSPS) is 18.6. The van der Waals surface area contributed by atoms with E-state index in [2.05, 4.69) is 15.5 Å². The lowest BCUT2D eigenvalue weighted by atomic mass is 9.93. The molecular formula is C37H38ClFN4O4. The molecule has 1 amide bonds. The SMILES string of the molecule is CC(C)(C)OC(=O)c1ccc2nc(CN3CC=C(N4CCc5ccc(-c6ccc(Cl)cc6F)cc5C4=O)CC3)n(C[C@@H]3CCO3)c2c1. The number of carbonyl (C=O) groups is 2. The van der Waals surface area contributed by atoms with Gasteiger partial charge >= 0.3 is 5.97 Å². The topological polar surface area (TPSA) is 76.9 Å². The lowest BCUT2D eigenvalue weighted by molar-refractivity contribution is -0.0591. The van der Waals surface area contributed by atoms with Crippen molar-refractivity contribution in [2.24, 2.45) is 0 Å². The zero-order chi connectivity index (χ0) is 32.9. The van der Waals surface area contributed by atoms with E-state index in [1.54, 1.807) is 24.3 Å². The Morgan fingerprint density at radius 2 is 1.89 bits per heavy atom. The second-order valence-electron chi connectivity index (χ2n) is 13.5. The highest BCUT2D eigenvalue weighted by Gasteiger charge is 2.30. The smallest absolute Gasteiger partial charge is 0.338 e. The first-order valence-electron chi connectivity index (χ1n) is 16.2. The Kier molecular flexibility index (Phi) is 8.40. The number of nitrogens with zero attached hydrogens (tertiary/aromatic N) is 4. The first-order chi connectivity index (χ1) is 22.5. The molecule has 4 heterocycles. The quantitative estimate of drug-likeness (QED) is 0.199. The van der Waals surface area contributed by atoms with Crippen molar-refractivity contribution in [3.63, 3.8) is 0 Å². The van der Waals surface area contributed by atoms with Crippen LogP contribution >= 0.6 is 11.6 Å². The van der Waals surface area contributed by atoms with Crippen LogP contribution in [0, 0.1) is 5.82 Å². The van der Waals surface area contributed by atoms with Crippen molar-refractivity contribution in [3.8, 4) is 11.1 Å². The summed E-state index contributed by atoms with van der Waals surface area (Å²) in [6, 6.07) is 15.7. The minimum absolute atomic E-state index is 0.0507. The zero-order valence-electron chi connectivity index (χ0n) is 26.9. The number of carbonyl (C=O) groups excluding carboxylic acids is 2. The predicted molar refractivity (Wildman–Crippen MR) is 179 cm³/mol. The van der Waals surface area contributed by atoms with E-state index in [4.69, 9.17) is 26.1 Å². The Morgan fingerprint density at radius 1 is 1.06 bits per heavy atom. The number of imidazole rings is 1. The van der Waals surface area contributed by atoms with Gasteiger partial charge in [-0.05, 0) is 87.2 Å². The number of amides is 1. The van der Waals surface area contributed by atoms with Crippen LogP contribution in [-0.4, -0.2) is 69.2 Å². The summed E-state index contributed by atoms with van der Waals surface area (Å²) in [7, 11) is 0. The van der Waals surface area contributed by atoms with Crippen LogP contribution in [0.2, 0.25) is 5.02 Å². The Hall–Kier alpha value is -4.05. The fourth-order valence-corrected chi connectivity index (χ4v) is 6.68. The molecule has 47 heavy (non-hydrogen) atoms. The number of fused-ring (bicyclic) bond motifs is 2. The molecule has 1 aromatic heterocycles. The van der Waals surface area contributed by atoms with Gasteiger partial charge in [0, 0.05) is 54.5 Å². The third-order valence-corrected chi connectivity index (χ3v) is 9.29. The van der Waals surface area contributed by atoms with Crippen LogP contribution in [-0.2, 0) is 29.0 Å². The van der Waals surface area contributed by atoms with Crippen LogP contribution in [0.5, 0.6) is 0 Å². The molecule has 0 unspecified atom stereocenters. The summed E-state index contributed by atoms with van der Waals surface area (Å²) in [6.07, 6.45) is 4.71. The molecule has 3 aliphatic heterocycles. The largest absolute Gasteiger partial charge is 0.456 e. The predicted octanol–water partition coefficient (Wildman–Crippen LogP) is 7.03. The molecule has 8 nitrogen and oxygen atoms in total. The summed E-state index contributed by atoms with van der Waals surface area (Å²) in [5.41, 5.74) is 5.32. The molecule has 3 aromatic carbocycles. The second kappa shape index (κ2) is 12.5. The maximum atomic E-state index is 14.7. The van der Waals surface area contributed by atoms with Crippen molar-refractivity contribution in [1.82, 2.24) is 19.4 Å². The summed E-state index contributed by atoms with van der Waals surface area (Å²) in [4.78, 5) is 35.8. The molecular weight excluding hydrogens is 619 g/mol. The number of ether oxygens (including phenoxy) is 2. The molecule has 0 spiro atoms. The van der Waals surface area contributed by atoms with Crippen molar-refractivity contribution in [3.05, 3.63) is 99.7 Å². The van der Waals surface area contributed by atoms with Gasteiger partial charge in [0.15, 0.2) is 0 Å². The molecule has 1 atom stereocenters. The van der Waals surface area contributed by atoms with Crippen molar-refractivity contribution >= 4 is 34.5 Å². The number of aromatic nitrogens is 2. The lowest BCUT2D eigenvalue weighted by Crippen LogP contribution is -2.40. The first-order valence-corrected chi connectivity index (χ1v) is 16.6. The van der Waals surface area contributed by atoms with Gasteiger partial charge < -0.3 is 18.9 Å². The van der Waals surface area contributed by atoms with Crippen LogP contribution in [0.25, 0.3) is 22.2 Å². The van der Waals surface area contributed by atoms with E-state index in [9.17, 15) is 14.0 Å². The van der Waals surface area contributed by atoms with E-state index < -0.39 is 11.4 Å². The molecule has 1 saturated heterocycles. The van der Waals surface area contributed by atoms with Gasteiger partial charge in [0.1, 0.15) is 17.2 Å². The Labute approximate surface area is 278 Å². The van der Waals surface area contributed by atoms with Gasteiger partial charge in [-0.3, -0.25) is 9.69 Å². The van der Waals surface area contributed by atoms with Crippen LogP contribution in [0.15, 0.2) is 66.4 Å². The molecule has 0 bridgehead atoms. The highest BCUT2D eigenvalue weighted by molar-refractivity contribution is 6.30. The third-order valence-electron chi connectivity index (χ3n) is 9.05. The number of hydrogen-bond donors (Lipinski definition) is 0. The molecule has 1 fully saturated rings. The molecule has 244 valence electrons. The number of esters is 1. The number of halogens is 2. The van der Waals surface area contributed by atoms with E-state index in [1.807, 2.05) is 49.9 Å². The molecule has 0 saturated carbocycles. The Bertz CT molecular complexity index is 1910. The van der Waals surface area contributed by atoms with Crippen molar-refractivity contribution in [2.75, 3.05) is 26.2 Å². The maximum Gasteiger partial charge on any atom is 0.338 e. The molecule has 0 N–H and O–H groups in total. The monoisotopic (exact) mass is 656 g/mol. The van der Waals surface area contributed by atoms with Gasteiger partial charge in [0.2, 0.25) is 0 Å². The van der Waals surface area contributed by atoms with Crippen LogP contribution in [0.3, 0.4) is 0 Å². The molecule has 7 rings (SSSR count). The number of rotatable bonds is 7.